The van der Waals surface area contributed by atoms with E-state index < -0.39 is 22.9 Å². The van der Waals surface area contributed by atoms with E-state index in [0.717, 1.165) is 4.68 Å². The van der Waals surface area contributed by atoms with Gasteiger partial charge in [0.05, 0.1) is 22.0 Å². The molecule has 0 aliphatic rings. The Bertz CT molecular complexity index is 1430. The summed E-state index contributed by atoms with van der Waals surface area (Å²) in [5, 5.41) is 19.9. The Balaban J connectivity index is 1.74. The maximum absolute atomic E-state index is 13.2. The summed E-state index contributed by atoms with van der Waals surface area (Å²) in [6.07, 6.45) is -5.10. The van der Waals surface area contributed by atoms with Gasteiger partial charge in [0.1, 0.15) is 5.82 Å². The number of halogens is 3. The molecule has 36 heavy (non-hydrogen) atoms. The van der Waals surface area contributed by atoms with Crippen molar-refractivity contribution in [3.05, 3.63) is 101 Å². The number of nitrogens with zero attached hydrogens (tertiary/aromatic N) is 3. The van der Waals surface area contributed by atoms with Crippen LogP contribution in [0.25, 0.3) is 11.3 Å². The quantitative estimate of drug-likeness (QED) is 0.273. The molecular formula is C24H16F3N5O4. The largest absolute Gasteiger partial charge is 0.471 e. The molecule has 182 valence electrons. The number of rotatable bonds is 6. The van der Waals surface area contributed by atoms with Gasteiger partial charge in [0.25, 0.3) is 11.6 Å². The summed E-state index contributed by atoms with van der Waals surface area (Å²) in [6.45, 7) is 0. The van der Waals surface area contributed by atoms with Crippen LogP contribution < -0.4 is 10.6 Å². The molecule has 4 rings (SSSR count). The van der Waals surface area contributed by atoms with Crippen LogP contribution in [-0.4, -0.2) is 32.7 Å². The van der Waals surface area contributed by atoms with E-state index in [-0.39, 0.29) is 28.4 Å². The normalized spacial score (nSPS) is 11.1. The minimum atomic E-state index is -5.10. The predicted molar refractivity (Wildman–Crippen MR) is 125 cm³/mol. The van der Waals surface area contributed by atoms with Gasteiger partial charge < -0.3 is 10.6 Å². The van der Waals surface area contributed by atoms with Gasteiger partial charge in [-0.3, -0.25) is 19.7 Å². The van der Waals surface area contributed by atoms with Crippen molar-refractivity contribution in [2.24, 2.45) is 0 Å². The van der Waals surface area contributed by atoms with Gasteiger partial charge in [0.2, 0.25) is 0 Å². The second-order valence-electron chi connectivity index (χ2n) is 7.42. The number of carbonyl (C=O) groups is 2. The molecule has 0 saturated carbocycles. The van der Waals surface area contributed by atoms with Gasteiger partial charge in [0, 0.05) is 29.3 Å². The van der Waals surface area contributed by atoms with E-state index in [9.17, 15) is 32.9 Å². The molecule has 1 heterocycles. The number of anilines is 3. The molecule has 1 aromatic heterocycles. The number of nitrogens with one attached hydrogen (secondary N) is 2. The molecule has 0 atom stereocenters. The highest BCUT2D eigenvalue weighted by atomic mass is 19.4. The summed E-state index contributed by atoms with van der Waals surface area (Å²) in [6, 6.07) is 20.9. The standard InChI is InChI=1S/C24H16F3N5O4/c25-24(26,27)23(34)29-19-9-5-4-8-18(19)28-21-14-20(15-6-2-1-3-7-15)30-31(21)22(33)16-10-12-17(13-11-16)32(35)36/h1-14,28H,(H,29,34). The number of para-hydroxylation sites is 2. The van der Waals surface area contributed by atoms with Gasteiger partial charge in [0.15, 0.2) is 0 Å². The van der Waals surface area contributed by atoms with Crippen LogP contribution in [0.4, 0.5) is 36.1 Å². The Kier molecular flexibility index (Phi) is 6.50. The Hall–Kier alpha value is -5.00. The summed E-state index contributed by atoms with van der Waals surface area (Å²) in [5.74, 6) is -2.71. The van der Waals surface area contributed by atoms with E-state index >= 15 is 0 Å². The molecule has 4 aromatic rings. The molecule has 0 radical (unpaired) electrons. The second kappa shape index (κ2) is 9.70. The third-order valence-corrected chi connectivity index (χ3v) is 4.99. The van der Waals surface area contributed by atoms with Crippen LogP contribution in [-0.2, 0) is 4.79 Å². The topological polar surface area (TPSA) is 119 Å². The smallest absolute Gasteiger partial charge is 0.338 e. The average molecular weight is 495 g/mol. The van der Waals surface area contributed by atoms with Crippen molar-refractivity contribution in [2.75, 3.05) is 10.6 Å². The highest BCUT2D eigenvalue weighted by Crippen LogP contribution is 2.30. The fourth-order valence-corrected chi connectivity index (χ4v) is 3.26. The number of aromatic nitrogens is 2. The number of nitro groups is 1. The first-order valence-electron chi connectivity index (χ1n) is 10.3. The Morgan fingerprint density at radius 3 is 2.11 bits per heavy atom. The van der Waals surface area contributed by atoms with Crippen molar-refractivity contribution < 1.29 is 27.7 Å². The summed E-state index contributed by atoms with van der Waals surface area (Å²) < 4.78 is 39.4. The number of alkyl halides is 3. The van der Waals surface area contributed by atoms with E-state index in [1.54, 1.807) is 35.6 Å². The molecule has 0 aliphatic heterocycles. The Morgan fingerprint density at radius 1 is 0.889 bits per heavy atom. The summed E-state index contributed by atoms with van der Waals surface area (Å²) in [4.78, 5) is 35.1. The van der Waals surface area contributed by atoms with Crippen molar-refractivity contribution in [1.82, 2.24) is 9.78 Å². The van der Waals surface area contributed by atoms with Crippen LogP contribution in [0.2, 0.25) is 0 Å². The number of amides is 1. The second-order valence-corrected chi connectivity index (χ2v) is 7.42. The van der Waals surface area contributed by atoms with Gasteiger partial charge in [-0.25, -0.2) is 0 Å². The lowest BCUT2D eigenvalue weighted by molar-refractivity contribution is -0.384. The number of nitro benzene ring substituents is 1. The lowest BCUT2D eigenvalue weighted by atomic mass is 10.1. The fraction of sp³-hybridized carbons (Fsp3) is 0.0417. The number of carbonyl (C=O) groups excluding carboxylic acids is 2. The van der Waals surface area contributed by atoms with E-state index in [4.69, 9.17) is 0 Å². The SMILES string of the molecule is O=C(c1ccc([N+](=O)[O-])cc1)n1nc(-c2ccccc2)cc1Nc1ccccc1NC(=O)C(F)(F)F. The first-order chi connectivity index (χ1) is 17.1. The van der Waals surface area contributed by atoms with Gasteiger partial charge in [-0.2, -0.15) is 23.0 Å². The molecule has 3 aromatic carbocycles. The Morgan fingerprint density at radius 2 is 1.50 bits per heavy atom. The number of benzene rings is 3. The van der Waals surface area contributed by atoms with Crippen molar-refractivity contribution >= 4 is 34.7 Å². The molecule has 0 aliphatic carbocycles. The molecule has 0 bridgehead atoms. The van der Waals surface area contributed by atoms with E-state index in [1.807, 2.05) is 0 Å². The van der Waals surface area contributed by atoms with Crippen LogP contribution in [0.1, 0.15) is 10.4 Å². The van der Waals surface area contributed by atoms with E-state index in [2.05, 4.69) is 10.4 Å². The van der Waals surface area contributed by atoms with Gasteiger partial charge in [-0.1, -0.05) is 42.5 Å². The highest BCUT2D eigenvalue weighted by molar-refractivity contribution is 6.00. The molecule has 0 saturated heterocycles. The van der Waals surface area contributed by atoms with E-state index in [0.29, 0.717) is 11.3 Å². The third kappa shape index (κ3) is 5.22. The summed E-state index contributed by atoms with van der Waals surface area (Å²) in [5.41, 5.74) is 0.832. The monoisotopic (exact) mass is 495 g/mol. The molecular weight excluding hydrogens is 479 g/mol. The molecule has 2 N–H and O–H groups in total. The highest BCUT2D eigenvalue weighted by Gasteiger charge is 2.39. The van der Waals surface area contributed by atoms with Crippen molar-refractivity contribution in [2.45, 2.75) is 6.18 Å². The van der Waals surface area contributed by atoms with Crippen LogP contribution in [0.3, 0.4) is 0 Å². The van der Waals surface area contributed by atoms with Crippen molar-refractivity contribution in [3.63, 3.8) is 0 Å². The molecule has 9 nitrogen and oxygen atoms in total. The minimum absolute atomic E-state index is 0.0763. The fourth-order valence-electron chi connectivity index (χ4n) is 3.26. The third-order valence-electron chi connectivity index (χ3n) is 4.99. The van der Waals surface area contributed by atoms with Gasteiger partial charge >= 0.3 is 12.1 Å². The average Bonchev–Trinajstić information content (AvgIpc) is 3.28. The first-order valence-corrected chi connectivity index (χ1v) is 10.3. The van der Waals surface area contributed by atoms with Crippen LogP contribution >= 0.6 is 0 Å². The molecule has 12 heteroatoms. The first kappa shape index (κ1) is 24.1. The molecule has 1 amide bonds. The maximum atomic E-state index is 13.2. The van der Waals surface area contributed by atoms with Crippen LogP contribution in [0, 0.1) is 10.1 Å². The van der Waals surface area contributed by atoms with Gasteiger partial charge in [-0.05, 0) is 24.3 Å². The summed E-state index contributed by atoms with van der Waals surface area (Å²) >= 11 is 0. The number of hydrogen-bond donors (Lipinski definition) is 2. The molecule has 0 spiro atoms. The minimum Gasteiger partial charge on any atom is -0.338 e. The Labute approximate surface area is 201 Å². The lowest BCUT2D eigenvalue weighted by Gasteiger charge is -2.14. The summed E-state index contributed by atoms with van der Waals surface area (Å²) in [7, 11) is 0. The van der Waals surface area contributed by atoms with Crippen molar-refractivity contribution in [1.29, 1.82) is 0 Å². The number of non-ortho nitro benzene ring substituents is 1. The zero-order valence-corrected chi connectivity index (χ0v) is 18.2. The van der Waals surface area contributed by atoms with Crippen LogP contribution in [0.5, 0.6) is 0 Å². The van der Waals surface area contributed by atoms with Gasteiger partial charge in [-0.15, -0.1) is 0 Å². The zero-order valence-electron chi connectivity index (χ0n) is 18.2. The van der Waals surface area contributed by atoms with Crippen LogP contribution in [0.15, 0.2) is 84.9 Å². The lowest BCUT2D eigenvalue weighted by Crippen LogP contribution is -2.30. The molecule has 0 fully saturated rings. The zero-order chi connectivity index (χ0) is 25.9. The van der Waals surface area contributed by atoms with Crippen molar-refractivity contribution in [3.8, 4) is 11.3 Å². The van der Waals surface area contributed by atoms with E-state index in [1.165, 1.54) is 54.6 Å². The maximum Gasteiger partial charge on any atom is 0.471 e. The predicted octanol–water partition coefficient (Wildman–Crippen LogP) is 5.39. The molecule has 0 unspecified atom stereocenters. The number of hydrogen-bond acceptors (Lipinski definition) is 6.